The quantitative estimate of drug-likeness (QED) is 0.692. The second-order valence-electron chi connectivity index (χ2n) is 4.35. The van der Waals surface area contributed by atoms with E-state index in [-0.39, 0.29) is 0 Å². The van der Waals surface area contributed by atoms with Crippen LogP contribution in [-0.4, -0.2) is 23.1 Å². The Labute approximate surface area is 113 Å². The molecule has 1 heterocycles. The molecule has 0 spiro atoms. The zero-order chi connectivity index (χ0) is 13.5. The van der Waals surface area contributed by atoms with Gasteiger partial charge in [0.1, 0.15) is 18.0 Å². The zero-order valence-electron chi connectivity index (χ0n) is 11.1. The first-order valence-corrected chi connectivity index (χ1v) is 6.37. The van der Waals surface area contributed by atoms with E-state index in [1.165, 1.54) is 5.56 Å². The molecule has 5 nitrogen and oxygen atoms in total. The summed E-state index contributed by atoms with van der Waals surface area (Å²) in [7, 11) is 0. The molecule has 0 bridgehead atoms. The van der Waals surface area contributed by atoms with Gasteiger partial charge in [-0.05, 0) is 32.0 Å². The van der Waals surface area contributed by atoms with Gasteiger partial charge in [0.2, 0.25) is 0 Å². The summed E-state index contributed by atoms with van der Waals surface area (Å²) in [5, 5.41) is 6.46. The number of hydrogen-bond acceptors (Lipinski definition) is 5. The summed E-state index contributed by atoms with van der Waals surface area (Å²) in [6.45, 7) is 3.55. The van der Waals surface area contributed by atoms with Crippen LogP contribution in [0.15, 0.2) is 36.7 Å². The van der Waals surface area contributed by atoms with E-state index in [2.05, 4.69) is 39.7 Å². The van der Waals surface area contributed by atoms with Gasteiger partial charge in [-0.15, -0.1) is 0 Å². The van der Waals surface area contributed by atoms with E-state index in [1.807, 2.05) is 18.2 Å². The highest BCUT2D eigenvalue weighted by Crippen LogP contribution is 2.16. The molecular weight excluding hydrogens is 238 g/mol. The van der Waals surface area contributed by atoms with Crippen molar-refractivity contribution in [2.24, 2.45) is 5.73 Å². The van der Waals surface area contributed by atoms with E-state index < -0.39 is 0 Å². The Bertz CT molecular complexity index is 509. The first-order valence-electron chi connectivity index (χ1n) is 6.37. The second kappa shape index (κ2) is 6.70. The van der Waals surface area contributed by atoms with Gasteiger partial charge in [-0.3, -0.25) is 0 Å². The summed E-state index contributed by atoms with van der Waals surface area (Å²) in [4.78, 5) is 8.36. The van der Waals surface area contributed by atoms with Crippen molar-refractivity contribution >= 4 is 17.3 Å². The summed E-state index contributed by atoms with van der Waals surface area (Å²) in [6.07, 6.45) is 2.46. The molecule has 0 amide bonds. The van der Waals surface area contributed by atoms with Crippen LogP contribution in [0, 0.1) is 6.92 Å². The predicted octanol–water partition coefficient (Wildman–Crippen LogP) is 2.29. The number of nitrogens with one attached hydrogen (secondary N) is 2. The number of nitrogens with two attached hydrogens (primary N) is 1. The second-order valence-corrected chi connectivity index (χ2v) is 4.35. The van der Waals surface area contributed by atoms with E-state index in [0.717, 1.165) is 30.3 Å². The summed E-state index contributed by atoms with van der Waals surface area (Å²) in [5.74, 6) is 1.58. The van der Waals surface area contributed by atoms with E-state index >= 15 is 0 Å². The van der Waals surface area contributed by atoms with Gasteiger partial charge in [-0.1, -0.05) is 17.7 Å². The lowest BCUT2D eigenvalue weighted by atomic mass is 10.2. The fourth-order valence-electron chi connectivity index (χ4n) is 1.63. The standard InChI is InChI=1S/C14H19N5/c1-11-3-5-12(6-4-11)19-14-9-13(17-10-18-14)16-8-2-7-15/h3-6,9-10H,2,7-8,15H2,1H3,(H2,16,17,18,19). The minimum Gasteiger partial charge on any atom is -0.370 e. The molecule has 100 valence electrons. The number of rotatable bonds is 6. The first kappa shape index (κ1) is 13.3. The highest BCUT2D eigenvalue weighted by molar-refractivity contribution is 5.58. The summed E-state index contributed by atoms with van der Waals surface area (Å²) < 4.78 is 0. The van der Waals surface area contributed by atoms with Crippen molar-refractivity contribution in [2.45, 2.75) is 13.3 Å². The van der Waals surface area contributed by atoms with Crippen molar-refractivity contribution in [1.82, 2.24) is 9.97 Å². The molecule has 0 fully saturated rings. The summed E-state index contributed by atoms with van der Waals surface area (Å²) in [6, 6.07) is 10.1. The average molecular weight is 257 g/mol. The smallest absolute Gasteiger partial charge is 0.135 e. The molecule has 0 unspecified atom stereocenters. The monoisotopic (exact) mass is 257 g/mol. The van der Waals surface area contributed by atoms with Crippen LogP contribution in [0.5, 0.6) is 0 Å². The minimum atomic E-state index is 0.673. The number of hydrogen-bond donors (Lipinski definition) is 3. The third kappa shape index (κ3) is 4.22. The number of nitrogens with zero attached hydrogens (tertiary/aromatic N) is 2. The van der Waals surface area contributed by atoms with Gasteiger partial charge in [0, 0.05) is 18.3 Å². The molecule has 0 saturated heterocycles. The average Bonchev–Trinajstić information content (AvgIpc) is 2.42. The lowest BCUT2D eigenvalue weighted by Crippen LogP contribution is -2.09. The number of anilines is 3. The van der Waals surface area contributed by atoms with Crippen LogP contribution in [0.1, 0.15) is 12.0 Å². The van der Waals surface area contributed by atoms with Gasteiger partial charge >= 0.3 is 0 Å². The van der Waals surface area contributed by atoms with Crippen molar-refractivity contribution in [3.8, 4) is 0 Å². The normalized spacial score (nSPS) is 10.2. The molecule has 0 aliphatic carbocycles. The van der Waals surface area contributed by atoms with E-state index in [4.69, 9.17) is 5.73 Å². The van der Waals surface area contributed by atoms with Crippen molar-refractivity contribution in [1.29, 1.82) is 0 Å². The minimum absolute atomic E-state index is 0.673. The molecule has 5 heteroatoms. The van der Waals surface area contributed by atoms with E-state index in [9.17, 15) is 0 Å². The van der Waals surface area contributed by atoms with Gasteiger partial charge in [0.15, 0.2) is 0 Å². The van der Waals surface area contributed by atoms with Crippen LogP contribution >= 0.6 is 0 Å². The fourth-order valence-corrected chi connectivity index (χ4v) is 1.63. The van der Waals surface area contributed by atoms with Crippen LogP contribution in [0.25, 0.3) is 0 Å². The molecule has 0 atom stereocenters. The maximum absolute atomic E-state index is 5.45. The van der Waals surface area contributed by atoms with Crippen LogP contribution in [0.3, 0.4) is 0 Å². The molecule has 0 radical (unpaired) electrons. The van der Waals surface area contributed by atoms with Crippen molar-refractivity contribution in [3.05, 3.63) is 42.2 Å². The largest absolute Gasteiger partial charge is 0.370 e. The van der Waals surface area contributed by atoms with Gasteiger partial charge in [0.05, 0.1) is 0 Å². The Morgan fingerprint density at radius 1 is 1.11 bits per heavy atom. The molecule has 0 saturated carbocycles. The Balaban J connectivity index is 2.00. The maximum atomic E-state index is 5.45. The molecule has 0 aliphatic heterocycles. The topological polar surface area (TPSA) is 75.9 Å². The molecular formula is C14H19N5. The van der Waals surface area contributed by atoms with Gasteiger partial charge in [-0.2, -0.15) is 0 Å². The summed E-state index contributed by atoms with van der Waals surface area (Å²) in [5.41, 5.74) is 7.70. The van der Waals surface area contributed by atoms with Crippen LogP contribution in [0.4, 0.5) is 17.3 Å². The van der Waals surface area contributed by atoms with Crippen LogP contribution in [-0.2, 0) is 0 Å². The first-order chi connectivity index (χ1) is 9.28. The maximum Gasteiger partial charge on any atom is 0.135 e. The number of benzene rings is 1. The fraction of sp³-hybridized carbons (Fsp3) is 0.286. The zero-order valence-corrected chi connectivity index (χ0v) is 11.1. The van der Waals surface area contributed by atoms with Crippen molar-refractivity contribution in [3.63, 3.8) is 0 Å². The van der Waals surface area contributed by atoms with E-state index in [0.29, 0.717) is 6.54 Å². The molecule has 1 aromatic heterocycles. The van der Waals surface area contributed by atoms with Crippen molar-refractivity contribution in [2.75, 3.05) is 23.7 Å². The lowest BCUT2D eigenvalue weighted by Gasteiger charge is -2.08. The molecule has 1 aromatic carbocycles. The van der Waals surface area contributed by atoms with E-state index in [1.54, 1.807) is 6.33 Å². The lowest BCUT2D eigenvalue weighted by molar-refractivity contribution is 0.869. The Morgan fingerprint density at radius 3 is 2.58 bits per heavy atom. The van der Waals surface area contributed by atoms with Crippen molar-refractivity contribution < 1.29 is 0 Å². The molecule has 2 rings (SSSR count). The SMILES string of the molecule is Cc1ccc(Nc2cc(NCCCN)ncn2)cc1. The van der Waals surface area contributed by atoms with Gasteiger partial charge in [0.25, 0.3) is 0 Å². The Kier molecular flexibility index (Phi) is 4.69. The number of aryl methyl sites for hydroxylation is 1. The highest BCUT2D eigenvalue weighted by atomic mass is 15.1. The Morgan fingerprint density at radius 2 is 1.84 bits per heavy atom. The molecule has 2 aromatic rings. The third-order valence-electron chi connectivity index (χ3n) is 2.68. The molecule has 19 heavy (non-hydrogen) atoms. The Hall–Kier alpha value is -2.14. The van der Waals surface area contributed by atoms with Crippen LogP contribution < -0.4 is 16.4 Å². The number of aromatic nitrogens is 2. The predicted molar refractivity (Wildman–Crippen MR) is 78.7 cm³/mol. The highest BCUT2D eigenvalue weighted by Gasteiger charge is 1.99. The summed E-state index contributed by atoms with van der Waals surface area (Å²) >= 11 is 0. The van der Waals surface area contributed by atoms with Crippen LogP contribution in [0.2, 0.25) is 0 Å². The van der Waals surface area contributed by atoms with Gasteiger partial charge < -0.3 is 16.4 Å². The molecule has 4 N–H and O–H groups in total. The molecule has 0 aliphatic rings. The van der Waals surface area contributed by atoms with Gasteiger partial charge in [-0.25, -0.2) is 9.97 Å². The third-order valence-corrected chi connectivity index (χ3v) is 2.68.